The van der Waals surface area contributed by atoms with Crippen LogP contribution < -0.4 is 0 Å². The molecule has 0 aromatic carbocycles. The predicted octanol–water partition coefficient (Wildman–Crippen LogP) is 4.65. The molecule has 0 aliphatic rings. The van der Waals surface area contributed by atoms with Crippen LogP contribution in [0.3, 0.4) is 0 Å². The number of rotatable bonds is 8. The molecule has 0 aliphatic heterocycles. The first-order valence-corrected chi connectivity index (χ1v) is 6.15. The molecular formula is C18H20O. The standard InChI is InChI=1S/C18H20O/c1-2-3-4-5-6-7-8-9-10-11-12-13-14-15-16-17-18-19/h2-18H,1H3/b3-2+,5-4+,7-6+,9-8+,11-10+,13-12+,15-14+,17-16+. The van der Waals surface area contributed by atoms with Gasteiger partial charge in [0.25, 0.3) is 0 Å². The molecule has 0 unspecified atom stereocenters. The van der Waals surface area contributed by atoms with E-state index in [9.17, 15) is 4.79 Å². The Balaban J connectivity index is 3.84. The molecule has 0 radical (unpaired) electrons. The van der Waals surface area contributed by atoms with Crippen molar-refractivity contribution in [1.29, 1.82) is 0 Å². The molecule has 0 rings (SSSR count). The highest BCUT2D eigenvalue weighted by molar-refractivity contribution is 5.65. The van der Waals surface area contributed by atoms with Gasteiger partial charge in [-0.1, -0.05) is 91.1 Å². The van der Waals surface area contributed by atoms with Crippen LogP contribution in [0.25, 0.3) is 0 Å². The van der Waals surface area contributed by atoms with Gasteiger partial charge in [0.1, 0.15) is 6.29 Å². The molecule has 0 heterocycles. The molecule has 0 N–H and O–H groups in total. The van der Waals surface area contributed by atoms with E-state index in [1.165, 1.54) is 6.08 Å². The maximum Gasteiger partial charge on any atom is 0.142 e. The van der Waals surface area contributed by atoms with Crippen molar-refractivity contribution in [2.75, 3.05) is 0 Å². The van der Waals surface area contributed by atoms with Crippen LogP contribution >= 0.6 is 0 Å². The van der Waals surface area contributed by atoms with Crippen molar-refractivity contribution in [2.24, 2.45) is 0 Å². The van der Waals surface area contributed by atoms with Gasteiger partial charge < -0.3 is 0 Å². The molecule has 0 aromatic heterocycles. The first kappa shape index (κ1) is 16.6. The van der Waals surface area contributed by atoms with Crippen molar-refractivity contribution in [3.63, 3.8) is 0 Å². The summed E-state index contributed by atoms with van der Waals surface area (Å²) in [4.78, 5) is 9.97. The fraction of sp³-hybridized carbons (Fsp3) is 0.0556. The summed E-state index contributed by atoms with van der Waals surface area (Å²) in [6.45, 7) is 1.99. The molecular weight excluding hydrogens is 232 g/mol. The van der Waals surface area contributed by atoms with Crippen LogP contribution in [0.15, 0.2) is 97.2 Å². The maximum atomic E-state index is 9.97. The van der Waals surface area contributed by atoms with E-state index in [4.69, 9.17) is 0 Å². The Morgan fingerprint density at radius 2 is 0.684 bits per heavy atom. The zero-order chi connectivity index (χ0) is 14.0. The highest BCUT2D eigenvalue weighted by Crippen LogP contribution is 1.85. The fourth-order valence-corrected chi connectivity index (χ4v) is 0.990. The Hall–Kier alpha value is -2.41. The molecule has 0 atom stereocenters. The molecule has 98 valence electrons. The molecule has 0 spiro atoms. The Bertz CT molecular complexity index is 438. The average molecular weight is 252 g/mol. The van der Waals surface area contributed by atoms with Crippen molar-refractivity contribution in [3.8, 4) is 0 Å². The van der Waals surface area contributed by atoms with Crippen LogP contribution in [0, 0.1) is 0 Å². The number of aldehydes is 1. The van der Waals surface area contributed by atoms with Crippen LogP contribution in [-0.2, 0) is 4.79 Å². The number of carbonyl (C=O) groups excluding carboxylic acids is 1. The highest BCUT2D eigenvalue weighted by atomic mass is 16.1. The van der Waals surface area contributed by atoms with E-state index in [2.05, 4.69) is 0 Å². The summed E-state index contributed by atoms with van der Waals surface area (Å²) in [5.41, 5.74) is 0. The van der Waals surface area contributed by atoms with Gasteiger partial charge in [0.05, 0.1) is 0 Å². The number of hydrogen-bond acceptors (Lipinski definition) is 1. The van der Waals surface area contributed by atoms with E-state index >= 15 is 0 Å². The lowest BCUT2D eigenvalue weighted by Crippen LogP contribution is -1.56. The zero-order valence-electron chi connectivity index (χ0n) is 11.2. The maximum absolute atomic E-state index is 9.97. The van der Waals surface area contributed by atoms with E-state index in [0.717, 1.165) is 6.29 Å². The van der Waals surface area contributed by atoms with Gasteiger partial charge in [0.2, 0.25) is 0 Å². The lowest BCUT2D eigenvalue weighted by molar-refractivity contribution is -0.104. The van der Waals surface area contributed by atoms with Gasteiger partial charge in [0, 0.05) is 0 Å². The molecule has 1 nitrogen and oxygen atoms in total. The minimum atomic E-state index is 0.750. The van der Waals surface area contributed by atoms with Crippen molar-refractivity contribution in [2.45, 2.75) is 6.92 Å². The summed E-state index contributed by atoms with van der Waals surface area (Å²) < 4.78 is 0. The van der Waals surface area contributed by atoms with Gasteiger partial charge in [-0.2, -0.15) is 0 Å². The molecule has 0 bridgehead atoms. The number of carbonyl (C=O) groups is 1. The van der Waals surface area contributed by atoms with E-state index in [1.54, 1.807) is 12.2 Å². The lowest BCUT2D eigenvalue weighted by atomic mass is 10.3. The van der Waals surface area contributed by atoms with Gasteiger partial charge in [-0.15, -0.1) is 0 Å². The van der Waals surface area contributed by atoms with E-state index in [-0.39, 0.29) is 0 Å². The molecule has 1 heteroatoms. The second-order valence-corrected chi connectivity index (χ2v) is 3.36. The van der Waals surface area contributed by atoms with Crippen molar-refractivity contribution in [1.82, 2.24) is 0 Å². The van der Waals surface area contributed by atoms with E-state index in [0.29, 0.717) is 0 Å². The number of allylic oxidation sites excluding steroid dienone is 16. The van der Waals surface area contributed by atoms with Gasteiger partial charge in [-0.3, -0.25) is 4.79 Å². The first-order chi connectivity index (χ1) is 9.41. The molecule has 0 amide bonds. The normalized spacial score (nSPS) is 14.2. The average Bonchev–Trinajstić information content (AvgIpc) is 2.43. The summed E-state index contributed by atoms with van der Waals surface area (Å²) in [6, 6.07) is 0. The van der Waals surface area contributed by atoms with Crippen LogP contribution in [0.4, 0.5) is 0 Å². The molecule has 0 aliphatic carbocycles. The Kier molecular flexibility index (Phi) is 13.6. The molecule has 0 aromatic rings. The van der Waals surface area contributed by atoms with Crippen LogP contribution in [0.2, 0.25) is 0 Å². The molecule has 0 fully saturated rings. The van der Waals surface area contributed by atoms with Crippen molar-refractivity contribution in [3.05, 3.63) is 97.2 Å². The second kappa shape index (κ2) is 15.6. The Labute approximate surface area is 116 Å². The van der Waals surface area contributed by atoms with Gasteiger partial charge in [0.15, 0.2) is 0 Å². The molecule has 0 saturated heterocycles. The molecule has 0 saturated carbocycles. The summed E-state index contributed by atoms with van der Waals surface area (Å²) in [5, 5.41) is 0. The largest absolute Gasteiger partial charge is 0.299 e. The smallest absolute Gasteiger partial charge is 0.142 e. The van der Waals surface area contributed by atoms with Crippen molar-refractivity contribution < 1.29 is 4.79 Å². The fourth-order valence-electron chi connectivity index (χ4n) is 0.990. The zero-order valence-corrected chi connectivity index (χ0v) is 11.2. The topological polar surface area (TPSA) is 17.1 Å². The summed E-state index contributed by atoms with van der Waals surface area (Å²) in [5.74, 6) is 0. The van der Waals surface area contributed by atoms with E-state index < -0.39 is 0 Å². The van der Waals surface area contributed by atoms with Gasteiger partial charge >= 0.3 is 0 Å². The lowest BCUT2D eigenvalue weighted by Gasteiger charge is -1.75. The summed E-state index contributed by atoms with van der Waals surface area (Å²) in [7, 11) is 0. The van der Waals surface area contributed by atoms with Crippen LogP contribution in [-0.4, -0.2) is 6.29 Å². The molecule has 19 heavy (non-hydrogen) atoms. The van der Waals surface area contributed by atoms with Gasteiger partial charge in [-0.25, -0.2) is 0 Å². The number of hydrogen-bond donors (Lipinski definition) is 0. The second-order valence-electron chi connectivity index (χ2n) is 3.36. The van der Waals surface area contributed by atoms with Crippen molar-refractivity contribution >= 4 is 6.29 Å². The minimum Gasteiger partial charge on any atom is -0.299 e. The van der Waals surface area contributed by atoms with Crippen LogP contribution in [0.1, 0.15) is 6.92 Å². The highest BCUT2D eigenvalue weighted by Gasteiger charge is 1.64. The van der Waals surface area contributed by atoms with Gasteiger partial charge in [-0.05, 0) is 13.0 Å². The third-order valence-corrected chi connectivity index (χ3v) is 1.83. The first-order valence-electron chi connectivity index (χ1n) is 6.15. The third kappa shape index (κ3) is 15.6. The minimum absolute atomic E-state index is 0.750. The third-order valence-electron chi connectivity index (χ3n) is 1.83. The predicted molar refractivity (Wildman–Crippen MR) is 84.9 cm³/mol. The monoisotopic (exact) mass is 252 g/mol. The summed E-state index contributed by atoms with van der Waals surface area (Å²) in [6.07, 6.45) is 31.0. The van der Waals surface area contributed by atoms with Crippen LogP contribution in [0.5, 0.6) is 0 Å². The Morgan fingerprint density at radius 3 is 0.947 bits per heavy atom. The van der Waals surface area contributed by atoms with E-state index in [1.807, 2.05) is 85.9 Å². The Morgan fingerprint density at radius 1 is 0.421 bits per heavy atom. The SMILES string of the molecule is C/C=C/C=C/C=C/C=C/C=C/C=C/C=C/C=C/C=O. The quantitative estimate of drug-likeness (QED) is 0.349. The summed E-state index contributed by atoms with van der Waals surface area (Å²) >= 11 is 0.